The van der Waals surface area contributed by atoms with Gasteiger partial charge in [-0.15, -0.1) is 0 Å². The highest BCUT2D eigenvalue weighted by Gasteiger charge is 2.19. The minimum Gasteiger partial charge on any atom is -0.462 e. The van der Waals surface area contributed by atoms with Crippen LogP contribution in [0, 0.1) is 0 Å². The summed E-state index contributed by atoms with van der Waals surface area (Å²) in [5.74, 6) is -0.888. The molecule has 436 valence electrons. The molecule has 0 heterocycles. The molecule has 0 fully saturated rings. The summed E-state index contributed by atoms with van der Waals surface area (Å²) in [6, 6.07) is 0. The van der Waals surface area contributed by atoms with Crippen LogP contribution in [0.5, 0.6) is 0 Å². The van der Waals surface area contributed by atoms with Gasteiger partial charge in [0, 0.05) is 19.3 Å². The molecule has 1 unspecified atom stereocenters. The van der Waals surface area contributed by atoms with E-state index in [0.717, 1.165) is 122 Å². The van der Waals surface area contributed by atoms with Crippen molar-refractivity contribution < 1.29 is 28.6 Å². The van der Waals surface area contributed by atoms with Crippen molar-refractivity contribution in [1.29, 1.82) is 0 Å². The van der Waals surface area contributed by atoms with Gasteiger partial charge in [-0.25, -0.2) is 0 Å². The first-order valence-electron chi connectivity index (χ1n) is 32.2. The SMILES string of the molecule is CC/C=C\C/C=C\C/C=C\C/C=C\C/C=C\C/C=C\CCCCCCCCCCCCC(=O)OCC(COC(=O)CCCCCCC/C=C\C/C=C\CCC)OC(=O)CCCCCCCCCCCCCCCCCC. The average Bonchev–Trinajstić information content (AvgIpc) is 3.42. The quantitative estimate of drug-likeness (QED) is 0.0261. The van der Waals surface area contributed by atoms with Gasteiger partial charge in [-0.3, -0.25) is 14.4 Å². The van der Waals surface area contributed by atoms with Crippen molar-refractivity contribution in [2.45, 2.75) is 316 Å². The molecule has 0 aliphatic carbocycles. The van der Waals surface area contributed by atoms with Gasteiger partial charge < -0.3 is 14.2 Å². The number of ether oxygens (including phenoxy) is 3. The minimum absolute atomic E-state index is 0.0817. The summed E-state index contributed by atoms with van der Waals surface area (Å²) in [6.45, 7) is 6.48. The molecule has 0 aliphatic rings. The Labute approximate surface area is 470 Å². The molecule has 6 heteroatoms. The van der Waals surface area contributed by atoms with Gasteiger partial charge in [0.15, 0.2) is 6.10 Å². The zero-order valence-electron chi connectivity index (χ0n) is 50.0. The molecular weight excluding hydrogens is 937 g/mol. The number of rotatable bonds is 58. The zero-order valence-corrected chi connectivity index (χ0v) is 50.0. The second kappa shape index (κ2) is 63.9. The van der Waals surface area contributed by atoms with Gasteiger partial charge in [0.25, 0.3) is 0 Å². The number of carbonyl (C=O) groups excluding carboxylic acids is 3. The van der Waals surface area contributed by atoms with E-state index >= 15 is 0 Å². The van der Waals surface area contributed by atoms with E-state index in [1.165, 1.54) is 148 Å². The van der Waals surface area contributed by atoms with E-state index in [1.54, 1.807) is 0 Å². The lowest BCUT2D eigenvalue weighted by Gasteiger charge is -2.18. The summed E-state index contributed by atoms with van der Waals surface area (Å²) < 4.78 is 16.9. The molecule has 0 aliphatic heterocycles. The van der Waals surface area contributed by atoms with Crippen LogP contribution in [0.3, 0.4) is 0 Å². The lowest BCUT2D eigenvalue weighted by atomic mass is 10.0. The Hall–Kier alpha value is -3.67. The van der Waals surface area contributed by atoms with Crippen LogP contribution in [0.4, 0.5) is 0 Å². The number of hydrogen-bond donors (Lipinski definition) is 0. The molecule has 0 saturated heterocycles. The van der Waals surface area contributed by atoms with Crippen molar-refractivity contribution in [3.63, 3.8) is 0 Å². The molecule has 0 spiro atoms. The number of allylic oxidation sites excluding steroid dienone is 16. The summed E-state index contributed by atoms with van der Waals surface area (Å²) in [5, 5.41) is 0. The molecule has 0 aromatic rings. The maximum Gasteiger partial charge on any atom is 0.306 e. The predicted octanol–water partition coefficient (Wildman–Crippen LogP) is 22.0. The van der Waals surface area contributed by atoms with Crippen molar-refractivity contribution in [3.8, 4) is 0 Å². The van der Waals surface area contributed by atoms with E-state index in [0.29, 0.717) is 19.3 Å². The van der Waals surface area contributed by atoms with Crippen molar-refractivity contribution in [1.82, 2.24) is 0 Å². The van der Waals surface area contributed by atoms with Crippen LogP contribution < -0.4 is 0 Å². The second-order valence-electron chi connectivity index (χ2n) is 21.3. The van der Waals surface area contributed by atoms with Crippen LogP contribution in [0.2, 0.25) is 0 Å². The van der Waals surface area contributed by atoms with Crippen molar-refractivity contribution in [3.05, 3.63) is 97.2 Å². The van der Waals surface area contributed by atoms with Crippen LogP contribution in [-0.2, 0) is 28.6 Å². The maximum absolute atomic E-state index is 12.9. The minimum atomic E-state index is -0.784. The van der Waals surface area contributed by atoms with E-state index in [4.69, 9.17) is 14.2 Å². The highest BCUT2D eigenvalue weighted by Crippen LogP contribution is 2.17. The fraction of sp³-hybridized carbons (Fsp3) is 0.729. The normalized spacial score (nSPS) is 12.7. The largest absolute Gasteiger partial charge is 0.462 e. The topological polar surface area (TPSA) is 78.9 Å². The smallest absolute Gasteiger partial charge is 0.306 e. The lowest BCUT2D eigenvalue weighted by Crippen LogP contribution is -2.30. The van der Waals surface area contributed by atoms with Gasteiger partial charge in [0.05, 0.1) is 0 Å². The predicted molar refractivity (Wildman–Crippen MR) is 330 cm³/mol. The molecule has 0 saturated carbocycles. The molecule has 0 amide bonds. The van der Waals surface area contributed by atoms with Gasteiger partial charge in [-0.1, -0.05) is 291 Å². The van der Waals surface area contributed by atoms with E-state index in [9.17, 15) is 14.4 Å². The fourth-order valence-electron chi connectivity index (χ4n) is 9.02. The number of esters is 3. The molecule has 0 aromatic heterocycles. The van der Waals surface area contributed by atoms with Gasteiger partial charge in [-0.2, -0.15) is 0 Å². The summed E-state index contributed by atoms with van der Waals surface area (Å²) in [4.78, 5) is 38.3. The molecule has 0 bridgehead atoms. The second-order valence-corrected chi connectivity index (χ2v) is 21.3. The van der Waals surface area contributed by atoms with Crippen LogP contribution in [0.25, 0.3) is 0 Å². The van der Waals surface area contributed by atoms with E-state index in [2.05, 4.69) is 118 Å². The highest BCUT2D eigenvalue weighted by molar-refractivity contribution is 5.71. The Morgan fingerprint density at radius 3 is 0.855 bits per heavy atom. The van der Waals surface area contributed by atoms with E-state index in [1.807, 2.05) is 0 Å². The van der Waals surface area contributed by atoms with Gasteiger partial charge in [0.1, 0.15) is 13.2 Å². The standard InChI is InChI=1S/C70H120O6/c1-4-7-10-13-16-19-22-25-27-29-30-31-32-33-34-35-36-37-38-39-40-41-43-45-48-51-54-57-60-63-69(72)75-66-67(65-74-68(71)62-59-56-53-50-47-44-24-21-18-15-12-9-6-3)76-70(73)64-61-58-55-52-49-46-42-28-26-23-20-17-14-11-8-5-2/h7,10,12,15-16,19,21,24-25,27,30-31,33-34,36-37,67H,4-6,8-9,11,13-14,17-18,20,22-23,26,28-29,32,35,38-66H2,1-3H3/b10-7-,15-12-,19-16-,24-21-,27-25-,31-30-,34-33-,37-36-. The monoisotopic (exact) mass is 1060 g/mol. The first-order chi connectivity index (χ1) is 37.5. The zero-order chi connectivity index (χ0) is 55.0. The number of hydrogen-bond acceptors (Lipinski definition) is 6. The Morgan fingerprint density at radius 2 is 0.539 bits per heavy atom. The Bertz CT molecular complexity index is 1490. The molecule has 0 aromatic carbocycles. The molecule has 76 heavy (non-hydrogen) atoms. The van der Waals surface area contributed by atoms with Crippen LogP contribution in [0.15, 0.2) is 97.2 Å². The molecule has 0 rings (SSSR count). The van der Waals surface area contributed by atoms with E-state index in [-0.39, 0.29) is 31.1 Å². The third-order valence-electron chi connectivity index (χ3n) is 13.8. The number of carbonyl (C=O) groups is 3. The average molecular weight is 1060 g/mol. The summed E-state index contributed by atoms with van der Waals surface area (Å²) in [5.41, 5.74) is 0. The van der Waals surface area contributed by atoms with Gasteiger partial charge >= 0.3 is 17.9 Å². The van der Waals surface area contributed by atoms with Gasteiger partial charge in [-0.05, 0) is 96.3 Å². The fourth-order valence-corrected chi connectivity index (χ4v) is 9.02. The number of unbranched alkanes of at least 4 members (excludes halogenated alkanes) is 31. The van der Waals surface area contributed by atoms with Crippen LogP contribution >= 0.6 is 0 Å². The molecule has 0 N–H and O–H groups in total. The molecular formula is C70H120O6. The van der Waals surface area contributed by atoms with Crippen LogP contribution in [-0.4, -0.2) is 37.2 Å². The summed E-state index contributed by atoms with van der Waals surface area (Å²) in [7, 11) is 0. The first-order valence-corrected chi connectivity index (χ1v) is 32.2. The maximum atomic E-state index is 12.9. The Kier molecular flexibility index (Phi) is 60.8. The van der Waals surface area contributed by atoms with Crippen LogP contribution in [0.1, 0.15) is 310 Å². The molecule has 6 nitrogen and oxygen atoms in total. The van der Waals surface area contributed by atoms with Crippen molar-refractivity contribution in [2.24, 2.45) is 0 Å². The summed E-state index contributed by atoms with van der Waals surface area (Å²) >= 11 is 0. The highest BCUT2D eigenvalue weighted by atomic mass is 16.6. The lowest BCUT2D eigenvalue weighted by molar-refractivity contribution is -0.167. The van der Waals surface area contributed by atoms with Gasteiger partial charge in [0.2, 0.25) is 0 Å². The first kappa shape index (κ1) is 72.3. The van der Waals surface area contributed by atoms with E-state index < -0.39 is 6.10 Å². The van der Waals surface area contributed by atoms with Crippen molar-refractivity contribution >= 4 is 17.9 Å². The van der Waals surface area contributed by atoms with Crippen molar-refractivity contribution in [2.75, 3.05) is 13.2 Å². The molecule has 0 radical (unpaired) electrons. The third-order valence-corrected chi connectivity index (χ3v) is 13.8. The Morgan fingerprint density at radius 1 is 0.276 bits per heavy atom. The third kappa shape index (κ3) is 61.2. The molecule has 1 atom stereocenters. The Balaban J connectivity index is 4.27. The summed E-state index contributed by atoms with van der Waals surface area (Å²) in [6.07, 6.45) is 85.6.